The van der Waals surface area contributed by atoms with Gasteiger partial charge in [-0.05, 0) is 42.3 Å². The highest BCUT2D eigenvalue weighted by atomic mass is 32.1. The first-order valence-electron chi connectivity index (χ1n) is 7.65. The quantitative estimate of drug-likeness (QED) is 0.537. The Balaban J connectivity index is 1.49. The zero-order valence-corrected chi connectivity index (χ0v) is 11.8. The fraction of sp³-hybridized carbons (Fsp3) is 0.857. The summed E-state index contributed by atoms with van der Waals surface area (Å²) in [5.41, 5.74) is 9.69. The van der Waals surface area contributed by atoms with Crippen LogP contribution in [0.5, 0.6) is 0 Å². The Morgan fingerprint density at radius 3 is 2.75 bits per heavy atom. The van der Waals surface area contributed by atoms with Crippen molar-refractivity contribution in [2.24, 2.45) is 58.2 Å². The number of ether oxygens (including phenoxy) is 2. The van der Waals surface area contributed by atoms with Crippen LogP contribution in [0.4, 0.5) is 0 Å². The van der Waals surface area contributed by atoms with Crippen molar-refractivity contribution in [3.05, 3.63) is 0 Å². The Morgan fingerprint density at radius 2 is 2.00 bits per heavy atom. The van der Waals surface area contributed by atoms with Gasteiger partial charge in [-0.3, -0.25) is 5.43 Å². The van der Waals surface area contributed by atoms with E-state index >= 15 is 0 Å². The molecule has 6 fully saturated rings. The van der Waals surface area contributed by atoms with E-state index < -0.39 is 0 Å². The number of thiocarbonyl (C=S) groups is 1. The normalized spacial score (nSPS) is 59.9. The predicted molar refractivity (Wildman–Crippen MR) is 74.5 cm³/mol. The van der Waals surface area contributed by atoms with Crippen LogP contribution >= 0.6 is 12.2 Å². The molecule has 3 N–H and O–H groups in total. The maximum Gasteiger partial charge on any atom is 0.184 e. The van der Waals surface area contributed by atoms with E-state index in [9.17, 15) is 0 Å². The van der Waals surface area contributed by atoms with E-state index in [0.717, 1.165) is 36.9 Å². The first-order chi connectivity index (χ1) is 9.74. The lowest BCUT2D eigenvalue weighted by Gasteiger charge is -2.51. The third-order valence-corrected chi connectivity index (χ3v) is 7.24. The summed E-state index contributed by atoms with van der Waals surface area (Å²) >= 11 is 4.89. The second-order valence-corrected chi connectivity index (χ2v) is 7.69. The highest BCUT2D eigenvalue weighted by Gasteiger charge is 2.88. The molecule has 0 radical (unpaired) electrons. The van der Waals surface area contributed by atoms with Gasteiger partial charge < -0.3 is 15.2 Å². The number of nitrogens with two attached hydrogens (primary N) is 1. The van der Waals surface area contributed by atoms with Crippen molar-refractivity contribution in [3.63, 3.8) is 0 Å². The molecule has 5 aliphatic carbocycles. The topological polar surface area (TPSA) is 68.9 Å². The molecular formula is C14H17N3O2S. The van der Waals surface area contributed by atoms with Crippen LogP contribution in [0.2, 0.25) is 0 Å². The van der Waals surface area contributed by atoms with Gasteiger partial charge in [0.1, 0.15) is 0 Å². The van der Waals surface area contributed by atoms with Crippen molar-refractivity contribution < 1.29 is 9.47 Å². The van der Waals surface area contributed by atoms with Gasteiger partial charge in [0.2, 0.25) is 0 Å². The van der Waals surface area contributed by atoms with Crippen LogP contribution in [0.1, 0.15) is 6.42 Å². The van der Waals surface area contributed by atoms with E-state index in [2.05, 4.69) is 10.5 Å². The Bertz CT molecular complexity index is 573. The van der Waals surface area contributed by atoms with Crippen molar-refractivity contribution in [1.29, 1.82) is 0 Å². The van der Waals surface area contributed by atoms with Gasteiger partial charge >= 0.3 is 0 Å². The van der Waals surface area contributed by atoms with E-state index in [4.69, 9.17) is 27.4 Å². The molecule has 0 aromatic rings. The summed E-state index contributed by atoms with van der Waals surface area (Å²) in [6.07, 6.45) is 1.36. The molecule has 0 aromatic heterocycles. The minimum atomic E-state index is -0.255. The van der Waals surface area contributed by atoms with Gasteiger partial charge in [-0.1, -0.05) is 0 Å². The van der Waals surface area contributed by atoms with Gasteiger partial charge in [0.15, 0.2) is 10.9 Å². The van der Waals surface area contributed by atoms with E-state index in [1.807, 2.05) is 0 Å². The summed E-state index contributed by atoms with van der Waals surface area (Å²) in [7, 11) is 0. The second kappa shape index (κ2) is 3.05. The Morgan fingerprint density at radius 1 is 1.20 bits per heavy atom. The molecule has 1 saturated heterocycles. The molecule has 6 aliphatic rings. The molecule has 2 bridgehead atoms. The summed E-state index contributed by atoms with van der Waals surface area (Å²) in [4.78, 5) is 0. The maximum absolute atomic E-state index is 6.19. The van der Waals surface area contributed by atoms with E-state index in [-0.39, 0.29) is 10.9 Å². The lowest BCUT2D eigenvalue weighted by molar-refractivity contribution is -0.240. The molecule has 1 heterocycles. The molecule has 6 heteroatoms. The van der Waals surface area contributed by atoms with E-state index in [1.54, 1.807) is 0 Å². The lowest BCUT2D eigenvalue weighted by Crippen LogP contribution is -2.58. The molecule has 5 nitrogen and oxygen atoms in total. The molecule has 6 rings (SSSR count). The number of hydrogen-bond donors (Lipinski definition) is 2. The smallest absolute Gasteiger partial charge is 0.184 e. The third-order valence-electron chi connectivity index (χ3n) is 7.15. The Kier molecular flexibility index (Phi) is 1.67. The summed E-state index contributed by atoms with van der Waals surface area (Å²) in [6, 6.07) is 0. The van der Waals surface area contributed by atoms with Crippen LogP contribution in [0.15, 0.2) is 5.10 Å². The number of hydrazone groups is 1. The highest BCUT2D eigenvalue weighted by molar-refractivity contribution is 7.80. The predicted octanol–water partition coefficient (Wildman–Crippen LogP) is 0.306. The van der Waals surface area contributed by atoms with Gasteiger partial charge in [0, 0.05) is 29.4 Å². The molecule has 106 valence electrons. The second-order valence-electron chi connectivity index (χ2n) is 7.25. The number of nitrogens with zero attached hydrogens (tertiary/aromatic N) is 1. The SMILES string of the molecule is NC(=S)NN=C1C2C3CC4C5C3C1C5C1(OCCO1)C42. The number of fused-ring (bicyclic) bond motifs is 4. The van der Waals surface area contributed by atoms with Gasteiger partial charge in [0.25, 0.3) is 0 Å². The largest absolute Gasteiger partial charge is 0.375 e. The number of hydrogen-bond acceptors (Lipinski definition) is 4. The van der Waals surface area contributed by atoms with Gasteiger partial charge in [-0.25, -0.2) is 0 Å². The Labute approximate surface area is 122 Å². The van der Waals surface area contributed by atoms with Crippen LogP contribution in [0.3, 0.4) is 0 Å². The van der Waals surface area contributed by atoms with Crippen LogP contribution in [-0.4, -0.2) is 29.8 Å². The standard InChI is InChI=1S/C14H17N3O2S/c15-13(20)17-16-12-8-4-3-5-7-6(4)9(12)11(7)14(10(5)8)18-1-2-19-14/h4-11H,1-3H2,(H3,15,17,20). The minimum absolute atomic E-state index is 0.255. The molecule has 5 saturated carbocycles. The zero-order valence-electron chi connectivity index (χ0n) is 11.0. The van der Waals surface area contributed by atoms with Crippen molar-refractivity contribution in [2.75, 3.05) is 13.2 Å². The fourth-order valence-corrected chi connectivity index (χ4v) is 7.29. The molecule has 1 aliphatic heterocycles. The zero-order chi connectivity index (χ0) is 13.2. The van der Waals surface area contributed by atoms with Crippen molar-refractivity contribution in [2.45, 2.75) is 12.2 Å². The fourth-order valence-electron chi connectivity index (χ4n) is 7.24. The van der Waals surface area contributed by atoms with Crippen molar-refractivity contribution in [1.82, 2.24) is 5.43 Å². The summed E-state index contributed by atoms with van der Waals surface area (Å²) in [5, 5.41) is 4.85. The summed E-state index contributed by atoms with van der Waals surface area (Å²) < 4.78 is 12.4. The lowest BCUT2D eigenvalue weighted by atomic mass is 9.58. The van der Waals surface area contributed by atoms with Crippen molar-refractivity contribution in [3.8, 4) is 0 Å². The minimum Gasteiger partial charge on any atom is -0.375 e. The summed E-state index contributed by atoms with van der Waals surface area (Å²) in [6.45, 7) is 1.53. The first-order valence-corrected chi connectivity index (χ1v) is 8.06. The van der Waals surface area contributed by atoms with Gasteiger partial charge in [-0.2, -0.15) is 5.10 Å². The molecule has 20 heavy (non-hydrogen) atoms. The average molecular weight is 291 g/mol. The number of nitrogens with one attached hydrogen (secondary N) is 1. The number of rotatable bonds is 1. The average Bonchev–Trinajstić information content (AvgIpc) is 3.04. The monoisotopic (exact) mass is 291 g/mol. The molecule has 8 atom stereocenters. The molecule has 1 spiro atoms. The van der Waals surface area contributed by atoms with E-state index in [1.165, 1.54) is 12.1 Å². The van der Waals surface area contributed by atoms with Crippen LogP contribution in [0.25, 0.3) is 0 Å². The third kappa shape index (κ3) is 0.853. The molecule has 8 unspecified atom stereocenters. The highest BCUT2D eigenvalue weighted by Crippen LogP contribution is 2.85. The van der Waals surface area contributed by atoms with E-state index in [0.29, 0.717) is 23.7 Å². The first kappa shape index (κ1) is 10.9. The molecule has 0 aromatic carbocycles. The van der Waals surface area contributed by atoms with Crippen LogP contribution in [0, 0.1) is 47.3 Å². The Hall–Kier alpha value is -0.720. The molecule has 0 amide bonds. The summed E-state index contributed by atoms with van der Waals surface area (Å²) in [5.74, 6) is 5.22. The van der Waals surface area contributed by atoms with Gasteiger partial charge in [0.05, 0.1) is 13.2 Å². The van der Waals surface area contributed by atoms with Gasteiger partial charge in [-0.15, -0.1) is 0 Å². The van der Waals surface area contributed by atoms with Crippen LogP contribution in [-0.2, 0) is 9.47 Å². The van der Waals surface area contributed by atoms with Crippen LogP contribution < -0.4 is 11.2 Å². The molecular weight excluding hydrogens is 274 g/mol. The maximum atomic E-state index is 6.19. The van der Waals surface area contributed by atoms with Crippen molar-refractivity contribution >= 4 is 23.0 Å².